The second-order valence-electron chi connectivity index (χ2n) is 5.72. The quantitative estimate of drug-likeness (QED) is 0.430. The van der Waals surface area contributed by atoms with Gasteiger partial charge in [-0.2, -0.15) is 4.57 Å². The number of aliphatic hydroxyl groups is 1. The number of aromatic nitrogens is 1. The Kier molecular flexibility index (Phi) is 7.40. The van der Waals surface area contributed by atoms with Crippen molar-refractivity contribution in [2.45, 2.75) is 13.5 Å². The van der Waals surface area contributed by atoms with Crippen LogP contribution in [0, 0.1) is 0 Å². The Balaban J connectivity index is 0.00000225. The third-order valence-electron chi connectivity index (χ3n) is 4.14. The number of hydrogen-bond donors (Lipinski definition) is 1. The number of hydrogen-bond acceptors (Lipinski definition) is 3. The molecule has 0 amide bonds. The normalized spacial score (nSPS) is 11.0. The SMILES string of the molecule is CC[n+]1c(/C=C/c2ccc(N(C)CCO)cc2)sc2ccccc21.[I-]. The molecule has 25 heavy (non-hydrogen) atoms. The van der Waals surface area contributed by atoms with E-state index in [2.05, 4.69) is 72.2 Å². The summed E-state index contributed by atoms with van der Waals surface area (Å²) >= 11 is 1.82. The van der Waals surface area contributed by atoms with Crippen LogP contribution >= 0.6 is 11.3 Å². The van der Waals surface area contributed by atoms with Gasteiger partial charge in [0.2, 0.25) is 5.52 Å². The van der Waals surface area contributed by atoms with Crippen molar-refractivity contribution in [1.29, 1.82) is 0 Å². The van der Waals surface area contributed by atoms with E-state index < -0.39 is 0 Å². The molecule has 1 heterocycles. The van der Waals surface area contributed by atoms with Crippen LogP contribution < -0.4 is 33.4 Å². The van der Waals surface area contributed by atoms with Gasteiger partial charge in [-0.05, 0) is 36.8 Å². The lowest BCUT2D eigenvalue weighted by atomic mass is 10.2. The third-order valence-corrected chi connectivity index (χ3v) is 5.27. The summed E-state index contributed by atoms with van der Waals surface area (Å²) < 4.78 is 3.67. The van der Waals surface area contributed by atoms with Gasteiger partial charge in [-0.3, -0.25) is 0 Å². The first kappa shape index (κ1) is 19.9. The molecule has 0 aliphatic rings. The maximum Gasteiger partial charge on any atom is 0.262 e. The number of halogens is 1. The number of nitrogens with zero attached hydrogens (tertiary/aromatic N) is 2. The van der Waals surface area contributed by atoms with Crippen LogP contribution in [0.4, 0.5) is 5.69 Å². The van der Waals surface area contributed by atoms with Gasteiger partial charge in [0.05, 0.1) is 6.61 Å². The number of para-hydroxylation sites is 1. The van der Waals surface area contributed by atoms with E-state index in [0.717, 1.165) is 12.2 Å². The largest absolute Gasteiger partial charge is 1.00 e. The predicted octanol–water partition coefficient (Wildman–Crippen LogP) is 0.812. The van der Waals surface area contributed by atoms with E-state index in [9.17, 15) is 0 Å². The van der Waals surface area contributed by atoms with Crippen LogP contribution in [0.5, 0.6) is 0 Å². The number of thiazole rings is 1. The molecule has 0 radical (unpaired) electrons. The number of likely N-dealkylation sites (N-methyl/N-ethyl adjacent to an activating group) is 1. The van der Waals surface area contributed by atoms with E-state index in [4.69, 9.17) is 5.11 Å². The highest BCUT2D eigenvalue weighted by Crippen LogP contribution is 2.22. The van der Waals surface area contributed by atoms with Crippen LogP contribution in [-0.4, -0.2) is 25.3 Å². The van der Waals surface area contributed by atoms with E-state index in [0.29, 0.717) is 6.54 Å². The Morgan fingerprint density at radius 2 is 1.80 bits per heavy atom. The lowest BCUT2D eigenvalue weighted by Gasteiger charge is -2.17. The van der Waals surface area contributed by atoms with Gasteiger partial charge >= 0.3 is 0 Å². The van der Waals surface area contributed by atoms with Crippen molar-refractivity contribution in [3.05, 3.63) is 59.1 Å². The van der Waals surface area contributed by atoms with Crippen LogP contribution in [0.3, 0.4) is 0 Å². The standard InChI is InChI=1S/C20H23N2OS.HI/c1-3-22-18-6-4-5-7-19(18)24-20(22)13-10-16-8-11-17(12-9-16)21(2)14-15-23;/h4-13,23H,3,14-15H2,1-2H3;1H/q+1;/p-1. The fourth-order valence-corrected chi connectivity index (χ4v) is 3.92. The van der Waals surface area contributed by atoms with Crippen LogP contribution in [-0.2, 0) is 6.54 Å². The fourth-order valence-electron chi connectivity index (χ4n) is 2.79. The minimum atomic E-state index is 0. The minimum absolute atomic E-state index is 0. The monoisotopic (exact) mass is 466 g/mol. The van der Waals surface area contributed by atoms with E-state index in [1.54, 1.807) is 0 Å². The highest BCUT2D eigenvalue weighted by Gasteiger charge is 2.15. The molecule has 132 valence electrons. The number of aliphatic hydroxyl groups excluding tert-OH is 1. The lowest BCUT2D eigenvalue weighted by Crippen LogP contribution is -3.00. The summed E-state index contributed by atoms with van der Waals surface area (Å²) in [6.07, 6.45) is 4.35. The average Bonchev–Trinajstić information content (AvgIpc) is 2.98. The molecule has 1 aromatic heterocycles. The smallest absolute Gasteiger partial charge is 0.262 e. The van der Waals surface area contributed by atoms with E-state index >= 15 is 0 Å². The summed E-state index contributed by atoms with van der Waals surface area (Å²) in [6, 6.07) is 17.0. The summed E-state index contributed by atoms with van der Waals surface area (Å²) in [5, 5.41) is 10.3. The maximum atomic E-state index is 9.02. The molecule has 0 bridgehead atoms. The second kappa shape index (κ2) is 9.31. The topological polar surface area (TPSA) is 27.4 Å². The summed E-state index contributed by atoms with van der Waals surface area (Å²) in [7, 11) is 1.99. The van der Waals surface area contributed by atoms with E-state index in [-0.39, 0.29) is 30.6 Å². The molecule has 3 aromatic rings. The number of benzene rings is 2. The third kappa shape index (κ3) is 4.59. The zero-order valence-electron chi connectivity index (χ0n) is 14.5. The van der Waals surface area contributed by atoms with Gasteiger partial charge in [-0.15, -0.1) is 0 Å². The van der Waals surface area contributed by atoms with Gasteiger partial charge in [0.1, 0.15) is 11.2 Å². The maximum absolute atomic E-state index is 9.02. The minimum Gasteiger partial charge on any atom is -1.00 e. The van der Waals surface area contributed by atoms with Gasteiger partial charge in [0, 0.05) is 31.4 Å². The molecule has 5 heteroatoms. The van der Waals surface area contributed by atoms with Crippen molar-refractivity contribution >= 4 is 39.4 Å². The van der Waals surface area contributed by atoms with Crippen LogP contribution in [0.25, 0.3) is 22.4 Å². The van der Waals surface area contributed by atoms with Crippen molar-refractivity contribution < 1.29 is 33.7 Å². The molecular formula is C20H23IN2OS. The number of anilines is 1. The molecule has 0 saturated heterocycles. The Hall–Kier alpha value is -1.44. The van der Waals surface area contributed by atoms with Gasteiger partial charge in [0.15, 0.2) is 0 Å². The summed E-state index contributed by atoms with van der Waals surface area (Å²) in [5.74, 6) is 0. The zero-order valence-corrected chi connectivity index (χ0v) is 17.5. The van der Waals surface area contributed by atoms with Crippen LogP contribution in [0.2, 0.25) is 0 Å². The lowest BCUT2D eigenvalue weighted by molar-refractivity contribution is -0.665. The van der Waals surface area contributed by atoms with Crippen LogP contribution in [0.15, 0.2) is 48.5 Å². The van der Waals surface area contributed by atoms with Gasteiger partial charge in [-0.1, -0.05) is 35.6 Å². The molecule has 0 aliphatic heterocycles. The van der Waals surface area contributed by atoms with Crippen molar-refractivity contribution in [3.63, 3.8) is 0 Å². The first-order chi connectivity index (χ1) is 11.7. The highest BCUT2D eigenvalue weighted by molar-refractivity contribution is 7.18. The molecule has 2 aromatic carbocycles. The van der Waals surface area contributed by atoms with Crippen molar-refractivity contribution in [2.24, 2.45) is 0 Å². The van der Waals surface area contributed by atoms with Gasteiger partial charge in [-0.25, -0.2) is 0 Å². The second-order valence-corrected chi connectivity index (χ2v) is 6.78. The van der Waals surface area contributed by atoms with E-state index in [1.165, 1.54) is 20.8 Å². The van der Waals surface area contributed by atoms with Crippen molar-refractivity contribution in [3.8, 4) is 0 Å². The first-order valence-corrected chi connectivity index (χ1v) is 9.06. The molecule has 0 unspecified atom stereocenters. The summed E-state index contributed by atoms with van der Waals surface area (Å²) in [5.41, 5.74) is 3.59. The molecule has 3 nitrogen and oxygen atoms in total. The molecule has 0 spiro atoms. The van der Waals surface area contributed by atoms with Gasteiger partial charge < -0.3 is 34.0 Å². The number of fused-ring (bicyclic) bond motifs is 1. The number of rotatable bonds is 6. The molecule has 3 rings (SSSR count). The van der Waals surface area contributed by atoms with Crippen molar-refractivity contribution in [1.82, 2.24) is 0 Å². The molecule has 1 N–H and O–H groups in total. The first-order valence-electron chi connectivity index (χ1n) is 8.24. The zero-order chi connectivity index (χ0) is 16.9. The summed E-state index contributed by atoms with van der Waals surface area (Å²) in [6.45, 7) is 3.96. The molecule has 0 atom stereocenters. The Morgan fingerprint density at radius 1 is 1.08 bits per heavy atom. The molecular weight excluding hydrogens is 443 g/mol. The summed E-state index contributed by atoms with van der Waals surface area (Å²) in [4.78, 5) is 2.05. The molecule has 0 fully saturated rings. The van der Waals surface area contributed by atoms with E-state index in [1.807, 2.05) is 23.3 Å². The highest BCUT2D eigenvalue weighted by atomic mass is 127. The average molecular weight is 466 g/mol. The fraction of sp³-hybridized carbons (Fsp3) is 0.250. The Bertz CT molecular complexity index is 843. The predicted molar refractivity (Wildman–Crippen MR) is 103 cm³/mol. The Morgan fingerprint density at radius 3 is 2.48 bits per heavy atom. The molecule has 0 saturated carbocycles. The Labute approximate surface area is 170 Å². The molecule has 0 aliphatic carbocycles. The van der Waals surface area contributed by atoms with Gasteiger partial charge in [0.25, 0.3) is 5.01 Å². The van der Waals surface area contributed by atoms with Crippen molar-refractivity contribution in [2.75, 3.05) is 25.1 Å². The number of aryl methyl sites for hydroxylation is 1. The van der Waals surface area contributed by atoms with Crippen LogP contribution in [0.1, 0.15) is 17.5 Å².